The van der Waals surface area contributed by atoms with E-state index in [1.165, 1.54) is 13.0 Å². The van der Waals surface area contributed by atoms with E-state index in [0.717, 1.165) is 11.1 Å². The largest absolute Gasteiger partial charge is 0.332 e. The Kier molecular flexibility index (Phi) is 2.19. The van der Waals surface area contributed by atoms with Crippen LogP contribution < -0.4 is 0 Å². The molecule has 1 aromatic heterocycles. The number of halogens is 1. The molecule has 3 nitrogen and oxygen atoms in total. The first-order chi connectivity index (χ1) is 5.75. The van der Waals surface area contributed by atoms with Gasteiger partial charge in [-0.1, -0.05) is 0 Å². The van der Waals surface area contributed by atoms with Crippen LogP contribution in [0.15, 0.2) is 17.1 Å². The van der Waals surface area contributed by atoms with Crippen LogP contribution in [-0.2, 0) is 0 Å². The highest BCUT2D eigenvalue weighted by Gasteiger charge is 2.20. The second kappa shape index (κ2) is 3.18. The summed E-state index contributed by atoms with van der Waals surface area (Å²) in [5.74, 6) is 0. The summed E-state index contributed by atoms with van der Waals surface area (Å²) in [5, 5.41) is 0. The van der Waals surface area contributed by atoms with Gasteiger partial charge in [-0.05, 0) is 35.9 Å². The number of likely N-dealkylation sites (N-methyl/N-ethyl adjacent to an activating group) is 1. The van der Waals surface area contributed by atoms with Gasteiger partial charge in [0.15, 0.2) is 0 Å². The van der Waals surface area contributed by atoms with Crippen molar-refractivity contribution in [3.8, 4) is 0 Å². The molecule has 0 N–H and O–H groups in total. The third-order valence-electron chi connectivity index (χ3n) is 2.36. The van der Waals surface area contributed by atoms with E-state index in [2.05, 4.69) is 37.4 Å². The van der Waals surface area contributed by atoms with Gasteiger partial charge >= 0.3 is 0 Å². The van der Waals surface area contributed by atoms with Gasteiger partial charge in [0.05, 0.1) is 6.33 Å². The molecular formula is C8H12BrN3. The van der Waals surface area contributed by atoms with Crippen LogP contribution in [0.25, 0.3) is 0 Å². The van der Waals surface area contributed by atoms with Gasteiger partial charge in [-0.15, -0.1) is 0 Å². The standard InChI is InChI=1S/C8H12BrN3/c1-11-3-2-7(4-11)12-5-8(9)10-6-12/h5-7H,2-4H2,1H3. The van der Waals surface area contributed by atoms with Crippen LogP contribution in [0.5, 0.6) is 0 Å². The van der Waals surface area contributed by atoms with Crippen molar-refractivity contribution in [3.63, 3.8) is 0 Å². The van der Waals surface area contributed by atoms with E-state index in [1.807, 2.05) is 12.5 Å². The molecule has 12 heavy (non-hydrogen) atoms. The summed E-state index contributed by atoms with van der Waals surface area (Å²) >= 11 is 3.35. The molecular weight excluding hydrogens is 218 g/mol. The van der Waals surface area contributed by atoms with Gasteiger partial charge in [0, 0.05) is 18.8 Å². The highest BCUT2D eigenvalue weighted by Crippen LogP contribution is 2.21. The van der Waals surface area contributed by atoms with Gasteiger partial charge in [-0.25, -0.2) is 4.98 Å². The Morgan fingerprint density at radius 3 is 3.00 bits per heavy atom. The van der Waals surface area contributed by atoms with Crippen molar-refractivity contribution in [2.45, 2.75) is 12.5 Å². The summed E-state index contributed by atoms with van der Waals surface area (Å²) in [6.45, 7) is 2.34. The Hall–Kier alpha value is -0.350. The fourth-order valence-corrected chi connectivity index (χ4v) is 1.99. The molecule has 2 rings (SSSR count). The summed E-state index contributed by atoms with van der Waals surface area (Å²) in [6.07, 6.45) is 5.18. The smallest absolute Gasteiger partial charge is 0.124 e. The molecule has 4 heteroatoms. The van der Waals surface area contributed by atoms with Crippen molar-refractivity contribution in [1.82, 2.24) is 14.5 Å². The number of likely N-dealkylation sites (tertiary alicyclic amines) is 1. The monoisotopic (exact) mass is 229 g/mol. The van der Waals surface area contributed by atoms with Gasteiger partial charge < -0.3 is 9.47 Å². The van der Waals surface area contributed by atoms with E-state index < -0.39 is 0 Å². The molecule has 0 bridgehead atoms. The number of rotatable bonds is 1. The minimum absolute atomic E-state index is 0.619. The molecule has 2 heterocycles. The minimum atomic E-state index is 0.619. The Balaban J connectivity index is 2.11. The second-order valence-electron chi connectivity index (χ2n) is 3.35. The first-order valence-electron chi connectivity index (χ1n) is 4.13. The number of aromatic nitrogens is 2. The molecule has 1 saturated heterocycles. The number of hydrogen-bond donors (Lipinski definition) is 0. The molecule has 1 unspecified atom stereocenters. The zero-order valence-electron chi connectivity index (χ0n) is 7.07. The summed E-state index contributed by atoms with van der Waals surface area (Å²) < 4.78 is 3.12. The maximum absolute atomic E-state index is 4.15. The highest BCUT2D eigenvalue weighted by molar-refractivity contribution is 9.10. The van der Waals surface area contributed by atoms with Crippen molar-refractivity contribution in [3.05, 3.63) is 17.1 Å². The third kappa shape index (κ3) is 1.54. The van der Waals surface area contributed by atoms with E-state index in [4.69, 9.17) is 0 Å². The Morgan fingerprint density at radius 1 is 1.67 bits per heavy atom. The van der Waals surface area contributed by atoms with Gasteiger partial charge in [0.2, 0.25) is 0 Å². The van der Waals surface area contributed by atoms with Gasteiger partial charge in [0.25, 0.3) is 0 Å². The maximum atomic E-state index is 4.15. The Morgan fingerprint density at radius 2 is 2.50 bits per heavy atom. The molecule has 1 aliphatic heterocycles. The lowest BCUT2D eigenvalue weighted by Crippen LogP contribution is -2.15. The van der Waals surface area contributed by atoms with Gasteiger partial charge in [-0.3, -0.25) is 0 Å². The van der Waals surface area contributed by atoms with Crippen molar-refractivity contribution in [2.75, 3.05) is 20.1 Å². The molecule has 0 radical (unpaired) electrons. The van der Waals surface area contributed by atoms with Crippen molar-refractivity contribution in [2.24, 2.45) is 0 Å². The van der Waals surface area contributed by atoms with E-state index in [1.54, 1.807) is 0 Å². The van der Waals surface area contributed by atoms with Crippen LogP contribution in [0.1, 0.15) is 12.5 Å². The molecule has 1 atom stereocenters. The predicted molar refractivity (Wildman–Crippen MR) is 51.1 cm³/mol. The highest BCUT2D eigenvalue weighted by atomic mass is 79.9. The maximum Gasteiger partial charge on any atom is 0.124 e. The van der Waals surface area contributed by atoms with Crippen LogP contribution >= 0.6 is 15.9 Å². The third-order valence-corrected chi connectivity index (χ3v) is 2.77. The average molecular weight is 230 g/mol. The van der Waals surface area contributed by atoms with Crippen LogP contribution in [0, 0.1) is 0 Å². The lowest BCUT2D eigenvalue weighted by Gasteiger charge is -2.10. The number of nitrogens with zero attached hydrogens (tertiary/aromatic N) is 3. The normalized spacial score (nSPS) is 25.0. The fraction of sp³-hybridized carbons (Fsp3) is 0.625. The zero-order valence-corrected chi connectivity index (χ0v) is 8.66. The Bertz CT molecular complexity index is 271. The first-order valence-corrected chi connectivity index (χ1v) is 4.92. The van der Waals surface area contributed by atoms with Crippen LogP contribution in [-0.4, -0.2) is 34.6 Å². The average Bonchev–Trinajstić information content (AvgIpc) is 2.58. The fourth-order valence-electron chi connectivity index (χ4n) is 1.67. The minimum Gasteiger partial charge on any atom is -0.332 e. The summed E-state index contributed by atoms with van der Waals surface area (Å²) in [5.41, 5.74) is 0. The zero-order chi connectivity index (χ0) is 8.55. The molecule has 66 valence electrons. The molecule has 1 fully saturated rings. The quantitative estimate of drug-likeness (QED) is 0.729. The number of hydrogen-bond acceptors (Lipinski definition) is 2. The van der Waals surface area contributed by atoms with E-state index in [-0.39, 0.29) is 0 Å². The van der Waals surface area contributed by atoms with Crippen LogP contribution in [0.3, 0.4) is 0 Å². The van der Waals surface area contributed by atoms with Gasteiger partial charge in [0.1, 0.15) is 4.60 Å². The lowest BCUT2D eigenvalue weighted by atomic mass is 10.3. The van der Waals surface area contributed by atoms with E-state index >= 15 is 0 Å². The number of imidazole rings is 1. The molecule has 1 aromatic rings. The molecule has 1 aliphatic rings. The van der Waals surface area contributed by atoms with Crippen LogP contribution in [0.2, 0.25) is 0 Å². The molecule has 0 saturated carbocycles. The topological polar surface area (TPSA) is 21.1 Å². The lowest BCUT2D eigenvalue weighted by molar-refractivity contribution is 0.392. The van der Waals surface area contributed by atoms with Crippen LogP contribution in [0.4, 0.5) is 0 Å². The molecule has 0 aliphatic carbocycles. The Labute approximate surface area is 80.5 Å². The molecule has 0 spiro atoms. The van der Waals surface area contributed by atoms with Crippen molar-refractivity contribution >= 4 is 15.9 Å². The van der Waals surface area contributed by atoms with Crippen molar-refractivity contribution in [1.29, 1.82) is 0 Å². The molecule has 0 aromatic carbocycles. The van der Waals surface area contributed by atoms with Crippen molar-refractivity contribution < 1.29 is 0 Å². The van der Waals surface area contributed by atoms with Gasteiger partial charge in [-0.2, -0.15) is 0 Å². The summed E-state index contributed by atoms with van der Waals surface area (Å²) in [6, 6.07) is 0.619. The molecule has 0 amide bonds. The predicted octanol–water partition coefficient (Wildman–Crippen LogP) is 1.52. The van der Waals surface area contributed by atoms with E-state index in [9.17, 15) is 0 Å². The summed E-state index contributed by atoms with van der Waals surface area (Å²) in [7, 11) is 2.16. The SMILES string of the molecule is CN1CCC(n2cnc(Br)c2)C1. The second-order valence-corrected chi connectivity index (χ2v) is 4.16. The van der Waals surface area contributed by atoms with E-state index in [0.29, 0.717) is 6.04 Å². The summed E-state index contributed by atoms with van der Waals surface area (Å²) in [4.78, 5) is 6.49. The first kappa shape index (κ1) is 8.26.